The molecule has 0 amide bonds. The Hall–Kier alpha value is -0.700. The monoisotopic (exact) mass is 531 g/mol. The van der Waals surface area contributed by atoms with Crippen LogP contribution in [0.1, 0.15) is 41.1 Å². The molecule has 4 rings (SSSR count). The Morgan fingerprint density at radius 3 is 2.43 bits per heavy atom. The largest absolute Gasteiger partial charge is 0.281 e. The maximum atomic E-state index is 12.5. The lowest BCUT2D eigenvalue weighted by Crippen LogP contribution is -2.45. The van der Waals surface area contributed by atoms with Crippen LogP contribution in [-0.4, -0.2) is 49.2 Å². The molecule has 1 aliphatic carbocycles. The lowest BCUT2D eigenvalue weighted by Gasteiger charge is -2.37. The van der Waals surface area contributed by atoms with E-state index in [0.29, 0.717) is 23.1 Å². The number of aryl methyl sites for hydroxylation is 2. The highest BCUT2D eigenvalue weighted by atomic mass is 79.9. The smallest absolute Gasteiger partial charge is 0.259 e. The van der Waals surface area contributed by atoms with Crippen LogP contribution >= 0.6 is 39.1 Å². The van der Waals surface area contributed by atoms with E-state index in [0.717, 1.165) is 47.0 Å². The van der Waals surface area contributed by atoms with E-state index in [9.17, 15) is 8.42 Å². The SMILES string of the molecule is CN(C)S(=O)(=O)N1CCC(C2c3ncc(Br)cc3CCc3cc(Cl)cc(Cl)c32)CC1. The summed E-state index contributed by atoms with van der Waals surface area (Å²) in [6.07, 6.45) is 5.08. The molecule has 0 spiro atoms. The van der Waals surface area contributed by atoms with Crippen LogP contribution in [0.15, 0.2) is 28.9 Å². The van der Waals surface area contributed by atoms with E-state index in [1.807, 2.05) is 18.3 Å². The zero-order valence-electron chi connectivity index (χ0n) is 16.9. The predicted octanol–water partition coefficient (Wildman–Crippen LogP) is 4.90. The molecule has 0 radical (unpaired) electrons. The van der Waals surface area contributed by atoms with Crippen molar-refractivity contribution in [3.05, 3.63) is 61.3 Å². The molecule has 0 saturated carbocycles. The summed E-state index contributed by atoms with van der Waals surface area (Å²) in [5.41, 5.74) is 4.52. The van der Waals surface area contributed by atoms with Crippen molar-refractivity contribution in [3.8, 4) is 0 Å². The molecule has 1 aromatic heterocycles. The molecule has 0 bridgehead atoms. The van der Waals surface area contributed by atoms with Gasteiger partial charge in [0.1, 0.15) is 0 Å². The fourth-order valence-electron chi connectivity index (χ4n) is 4.70. The van der Waals surface area contributed by atoms with Gasteiger partial charge >= 0.3 is 0 Å². The third-order valence-corrected chi connectivity index (χ3v) is 9.08. The number of benzene rings is 1. The second-order valence-electron chi connectivity index (χ2n) is 8.16. The Balaban J connectivity index is 1.74. The van der Waals surface area contributed by atoms with E-state index < -0.39 is 10.2 Å². The van der Waals surface area contributed by atoms with Crippen LogP contribution in [0.4, 0.5) is 0 Å². The molecule has 1 aromatic carbocycles. The van der Waals surface area contributed by atoms with Crippen molar-refractivity contribution in [3.63, 3.8) is 0 Å². The number of hydrogen-bond acceptors (Lipinski definition) is 3. The molecule has 0 N–H and O–H groups in total. The van der Waals surface area contributed by atoms with Gasteiger partial charge in [-0.3, -0.25) is 4.98 Å². The van der Waals surface area contributed by atoms with Gasteiger partial charge in [0.25, 0.3) is 10.2 Å². The summed E-state index contributed by atoms with van der Waals surface area (Å²) in [7, 11) is -0.253. The topological polar surface area (TPSA) is 53.5 Å². The Morgan fingerprint density at radius 2 is 1.77 bits per heavy atom. The van der Waals surface area contributed by atoms with Gasteiger partial charge in [0.05, 0.1) is 5.69 Å². The quantitative estimate of drug-likeness (QED) is 0.565. The molecule has 1 atom stereocenters. The van der Waals surface area contributed by atoms with Crippen LogP contribution < -0.4 is 0 Å². The molecular weight excluding hydrogens is 509 g/mol. The van der Waals surface area contributed by atoms with Gasteiger partial charge < -0.3 is 0 Å². The number of halogens is 3. The fraction of sp³-hybridized carbons (Fsp3) is 0.476. The average molecular weight is 533 g/mol. The molecule has 2 aliphatic rings. The predicted molar refractivity (Wildman–Crippen MR) is 125 cm³/mol. The highest BCUT2D eigenvalue weighted by Crippen LogP contribution is 2.46. The highest BCUT2D eigenvalue weighted by Gasteiger charge is 2.38. The maximum Gasteiger partial charge on any atom is 0.281 e. The van der Waals surface area contributed by atoms with Gasteiger partial charge in [-0.05, 0) is 82.4 Å². The first-order valence-corrected chi connectivity index (χ1v) is 12.9. The highest BCUT2D eigenvalue weighted by molar-refractivity contribution is 9.10. The zero-order valence-corrected chi connectivity index (χ0v) is 20.8. The lowest BCUT2D eigenvalue weighted by atomic mass is 9.77. The minimum Gasteiger partial charge on any atom is -0.259 e. The van der Waals surface area contributed by atoms with E-state index in [4.69, 9.17) is 28.2 Å². The maximum absolute atomic E-state index is 12.5. The molecule has 5 nitrogen and oxygen atoms in total. The normalized spacial score (nSPS) is 20.7. The van der Waals surface area contributed by atoms with E-state index in [1.165, 1.54) is 9.87 Å². The second kappa shape index (κ2) is 8.68. The van der Waals surface area contributed by atoms with Crippen molar-refractivity contribution < 1.29 is 8.42 Å². The van der Waals surface area contributed by atoms with Crippen LogP contribution in [0, 0.1) is 5.92 Å². The summed E-state index contributed by atoms with van der Waals surface area (Å²) in [6, 6.07) is 5.97. The van der Waals surface area contributed by atoms with Gasteiger partial charge in [0.15, 0.2) is 0 Å². The van der Waals surface area contributed by atoms with E-state index >= 15 is 0 Å². The van der Waals surface area contributed by atoms with Crippen LogP contribution in [0.5, 0.6) is 0 Å². The van der Waals surface area contributed by atoms with Crippen molar-refractivity contribution in [2.24, 2.45) is 5.92 Å². The standard InChI is InChI=1S/C21H24BrCl2N3O2S/c1-26(2)30(28,29)27-7-5-13(6-8-27)20-19-14(10-17(23)11-18(19)24)3-4-15-9-16(22)12-25-21(15)20/h9-13,20H,3-8H2,1-2H3. The molecule has 9 heteroatoms. The molecule has 162 valence electrons. The van der Waals surface area contributed by atoms with Crippen molar-refractivity contribution >= 4 is 49.3 Å². The third-order valence-electron chi connectivity index (χ3n) is 6.18. The van der Waals surface area contributed by atoms with Crippen LogP contribution in [0.25, 0.3) is 0 Å². The summed E-state index contributed by atoms with van der Waals surface area (Å²) in [5, 5.41) is 1.31. The molecule has 2 aromatic rings. The van der Waals surface area contributed by atoms with Crippen molar-refractivity contribution in [1.29, 1.82) is 0 Å². The summed E-state index contributed by atoms with van der Waals surface area (Å²) in [5.74, 6) is 0.279. The Bertz CT molecular complexity index is 1070. The van der Waals surface area contributed by atoms with E-state index in [-0.39, 0.29) is 11.8 Å². The lowest BCUT2D eigenvalue weighted by molar-refractivity contribution is 0.246. The van der Waals surface area contributed by atoms with Crippen molar-refractivity contribution in [2.45, 2.75) is 31.6 Å². The Labute approximate surface area is 196 Å². The van der Waals surface area contributed by atoms with Gasteiger partial charge in [-0.15, -0.1) is 0 Å². The summed E-state index contributed by atoms with van der Waals surface area (Å²) in [6.45, 7) is 0.988. The minimum absolute atomic E-state index is 0.0274. The zero-order chi connectivity index (χ0) is 21.6. The van der Waals surface area contributed by atoms with Crippen LogP contribution in [0.3, 0.4) is 0 Å². The van der Waals surface area contributed by atoms with Crippen molar-refractivity contribution in [2.75, 3.05) is 27.2 Å². The summed E-state index contributed by atoms with van der Waals surface area (Å²) in [4.78, 5) is 4.82. The second-order valence-corrected chi connectivity index (χ2v) is 12.1. The number of rotatable bonds is 3. The first-order chi connectivity index (χ1) is 14.2. The van der Waals surface area contributed by atoms with Gasteiger partial charge in [0, 0.05) is 53.8 Å². The molecule has 1 unspecified atom stereocenters. The van der Waals surface area contributed by atoms with Gasteiger partial charge in [0.2, 0.25) is 0 Å². The minimum atomic E-state index is -3.40. The van der Waals surface area contributed by atoms with Crippen LogP contribution in [-0.2, 0) is 23.1 Å². The van der Waals surface area contributed by atoms with Gasteiger partial charge in [-0.1, -0.05) is 23.2 Å². The van der Waals surface area contributed by atoms with Gasteiger partial charge in [-0.25, -0.2) is 0 Å². The van der Waals surface area contributed by atoms with E-state index in [2.05, 4.69) is 22.0 Å². The number of piperidine rings is 1. The summed E-state index contributed by atoms with van der Waals surface area (Å²) >= 11 is 16.6. The van der Waals surface area contributed by atoms with Gasteiger partial charge in [-0.2, -0.15) is 17.0 Å². The Kier molecular flexibility index (Phi) is 6.51. The number of aromatic nitrogens is 1. The average Bonchev–Trinajstić information content (AvgIpc) is 2.85. The molecule has 1 saturated heterocycles. The molecule has 1 fully saturated rings. The molecule has 1 aliphatic heterocycles. The number of nitrogens with zero attached hydrogens (tertiary/aromatic N) is 3. The van der Waals surface area contributed by atoms with E-state index in [1.54, 1.807) is 18.4 Å². The first-order valence-electron chi connectivity index (χ1n) is 9.98. The summed E-state index contributed by atoms with van der Waals surface area (Å²) < 4.78 is 28.9. The number of pyridine rings is 1. The third kappa shape index (κ3) is 4.17. The molecule has 30 heavy (non-hydrogen) atoms. The molecular formula is C21H24BrCl2N3O2S. The first kappa shape index (κ1) is 22.5. The number of fused-ring (bicyclic) bond motifs is 2. The molecule has 2 heterocycles. The van der Waals surface area contributed by atoms with Crippen molar-refractivity contribution in [1.82, 2.24) is 13.6 Å². The Morgan fingerprint density at radius 1 is 1.10 bits per heavy atom. The van der Waals surface area contributed by atoms with Crippen LogP contribution in [0.2, 0.25) is 10.0 Å². The fourth-order valence-corrected chi connectivity index (χ4v) is 6.87. The number of hydrogen-bond donors (Lipinski definition) is 0.